The zero-order chi connectivity index (χ0) is 18.1. The Bertz CT molecular complexity index is 734. The number of likely N-dealkylation sites (N-methyl/N-ethyl adjacent to an activating group) is 1. The maximum absolute atomic E-state index is 12.7. The summed E-state index contributed by atoms with van der Waals surface area (Å²) in [5.41, 5.74) is -1.45. The van der Waals surface area contributed by atoms with Gasteiger partial charge in [0.1, 0.15) is 10.4 Å². The molecule has 0 aliphatic carbocycles. The molecule has 0 N–H and O–H groups in total. The molecule has 24 heavy (non-hydrogen) atoms. The molecule has 0 aromatic carbocycles. The van der Waals surface area contributed by atoms with Crippen LogP contribution in [0.2, 0.25) is 0 Å². The molecule has 0 saturated carbocycles. The minimum atomic E-state index is -2.49. The lowest BCUT2D eigenvalue weighted by atomic mass is 9.58. The van der Waals surface area contributed by atoms with Gasteiger partial charge in [-0.25, -0.2) is 14.6 Å². The number of aromatic nitrogens is 1. The Balaban J connectivity index is 2.39. The van der Waals surface area contributed by atoms with E-state index in [0.29, 0.717) is 15.8 Å². The molecule has 2 aliphatic heterocycles. The topological polar surface area (TPSA) is 74.7 Å². The number of halogens is 1. The standard InChI is InChI=1S/C15H20BBrN2O5/c1-14(2)12(20)23-16(9-7-11(17)18-8-10(9)22-6)19(14,5)15(3,4)13(21)24-16/h7-8H,1-6H3. The molecule has 1 aromatic rings. The molecule has 7 nitrogen and oxygen atoms in total. The molecule has 9 heteroatoms. The van der Waals surface area contributed by atoms with E-state index in [1.807, 2.05) is 7.05 Å². The van der Waals surface area contributed by atoms with Crippen LogP contribution < -0.4 is 10.2 Å². The maximum Gasteiger partial charge on any atom is 0.619 e. The van der Waals surface area contributed by atoms with Gasteiger partial charge in [0, 0.05) is 7.05 Å². The summed E-state index contributed by atoms with van der Waals surface area (Å²) >= 11 is 3.33. The van der Waals surface area contributed by atoms with E-state index in [1.165, 1.54) is 13.3 Å². The Morgan fingerprint density at radius 1 is 1.17 bits per heavy atom. The van der Waals surface area contributed by atoms with Gasteiger partial charge in [-0.15, -0.1) is 0 Å². The molecule has 0 spiro atoms. The Morgan fingerprint density at radius 2 is 1.67 bits per heavy atom. The highest BCUT2D eigenvalue weighted by Crippen LogP contribution is 2.52. The van der Waals surface area contributed by atoms with Crippen molar-refractivity contribution in [2.45, 2.75) is 38.8 Å². The van der Waals surface area contributed by atoms with Gasteiger partial charge in [-0.3, -0.25) is 0 Å². The summed E-state index contributed by atoms with van der Waals surface area (Å²) in [6.45, 7) is 4.58. The fourth-order valence-corrected chi connectivity index (χ4v) is 4.38. The Morgan fingerprint density at radius 3 is 2.12 bits per heavy atom. The van der Waals surface area contributed by atoms with E-state index in [4.69, 9.17) is 14.0 Å². The molecule has 2 aliphatic rings. The van der Waals surface area contributed by atoms with Crippen LogP contribution in [0.15, 0.2) is 16.9 Å². The lowest BCUT2D eigenvalue weighted by molar-refractivity contribution is -0.885. The third-order valence-corrected chi connectivity index (χ3v) is 6.45. The van der Waals surface area contributed by atoms with Crippen LogP contribution in [-0.2, 0) is 18.9 Å². The maximum atomic E-state index is 12.7. The Kier molecular flexibility index (Phi) is 3.39. The molecule has 2 saturated heterocycles. The van der Waals surface area contributed by atoms with Crippen molar-refractivity contribution in [2.24, 2.45) is 0 Å². The summed E-state index contributed by atoms with van der Waals surface area (Å²) in [6.07, 6.45) is 1.51. The first-order valence-corrected chi connectivity index (χ1v) is 8.42. The van der Waals surface area contributed by atoms with E-state index in [-0.39, 0.29) is 4.39 Å². The predicted octanol–water partition coefficient (Wildman–Crippen LogP) is 1.12. The molecule has 0 unspecified atom stereocenters. The van der Waals surface area contributed by atoms with Crippen molar-refractivity contribution in [3.63, 3.8) is 0 Å². The number of hydrogen-bond acceptors (Lipinski definition) is 6. The number of carbonyl (C=O) groups excluding carboxylic acids is 2. The van der Waals surface area contributed by atoms with Crippen LogP contribution in [-0.4, -0.2) is 53.2 Å². The number of carbonyl (C=O) groups is 2. The van der Waals surface area contributed by atoms with Crippen LogP contribution >= 0.6 is 15.9 Å². The fourth-order valence-electron chi connectivity index (χ4n) is 4.03. The smallest absolute Gasteiger partial charge is 0.595 e. The van der Waals surface area contributed by atoms with Crippen molar-refractivity contribution >= 4 is 40.0 Å². The average molecular weight is 399 g/mol. The average Bonchev–Trinajstić information content (AvgIpc) is 2.76. The number of fused-ring (bicyclic) bond motifs is 1. The van der Waals surface area contributed by atoms with Crippen LogP contribution in [0.3, 0.4) is 0 Å². The largest absolute Gasteiger partial charge is 0.619 e. The third-order valence-electron chi connectivity index (χ3n) is 6.01. The fraction of sp³-hybridized carbons (Fsp3) is 0.533. The number of hydrogen-bond donors (Lipinski definition) is 0. The van der Waals surface area contributed by atoms with Crippen LogP contribution in [0.4, 0.5) is 0 Å². The monoisotopic (exact) mass is 398 g/mol. The molecular formula is C15H20BBrN2O5. The molecule has 0 atom stereocenters. The number of pyridine rings is 1. The van der Waals surface area contributed by atoms with E-state index in [9.17, 15) is 9.59 Å². The van der Waals surface area contributed by atoms with Gasteiger partial charge in [0.25, 0.3) is 0 Å². The second-order valence-electron chi connectivity index (χ2n) is 7.42. The zero-order valence-corrected chi connectivity index (χ0v) is 16.1. The van der Waals surface area contributed by atoms with Gasteiger partial charge < -0.3 is 18.4 Å². The zero-order valence-electron chi connectivity index (χ0n) is 14.5. The molecule has 0 amide bonds. The summed E-state index contributed by atoms with van der Waals surface area (Å²) in [5.74, 6) is -0.431. The number of nitrogens with zero attached hydrogens (tertiary/aromatic N) is 2. The van der Waals surface area contributed by atoms with E-state index in [0.717, 1.165) is 0 Å². The van der Waals surface area contributed by atoms with Crippen molar-refractivity contribution in [3.05, 3.63) is 16.9 Å². The first kappa shape index (κ1) is 17.2. The molecule has 0 bridgehead atoms. The number of methoxy groups -OCH3 is 1. The molecular weight excluding hydrogens is 379 g/mol. The van der Waals surface area contributed by atoms with E-state index in [2.05, 4.69) is 20.9 Å². The molecule has 2 fully saturated rings. The lowest BCUT2D eigenvalue weighted by Gasteiger charge is -2.54. The van der Waals surface area contributed by atoms with Crippen LogP contribution in [0, 0.1) is 0 Å². The second-order valence-corrected chi connectivity index (χ2v) is 8.24. The molecule has 0 radical (unpaired) electrons. The van der Waals surface area contributed by atoms with E-state index >= 15 is 0 Å². The molecule has 3 rings (SSSR count). The summed E-state index contributed by atoms with van der Waals surface area (Å²) in [6, 6.07) is 1.68. The summed E-state index contributed by atoms with van der Waals surface area (Å²) in [7, 11) is 3.32. The van der Waals surface area contributed by atoms with Gasteiger partial charge in [-0.05, 0) is 55.2 Å². The Labute approximate surface area is 149 Å². The lowest BCUT2D eigenvalue weighted by Crippen LogP contribution is -2.78. The highest BCUT2D eigenvalue weighted by Gasteiger charge is 2.80. The number of ether oxygens (including phenoxy) is 1. The molecule has 3 heterocycles. The minimum absolute atomic E-state index is 0.0233. The van der Waals surface area contributed by atoms with Crippen molar-refractivity contribution in [1.82, 2.24) is 4.98 Å². The SMILES string of the molecule is COc1cnc(Br)cc1[B-]12OC(=O)C(C)(C)[N+]1(C)C(C)(C)C(=O)O2. The number of rotatable bonds is 2. The normalized spacial score (nSPS) is 33.0. The van der Waals surface area contributed by atoms with Gasteiger partial charge in [-0.1, -0.05) is 0 Å². The quantitative estimate of drug-likeness (QED) is 0.548. The van der Waals surface area contributed by atoms with Crippen molar-refractivity contribution in [3.8, 4) is 5.75 Å². The third kappa shape index (κ3) is 1.64. The van der Waals surface area contributed by atoms with Gasteiger partial charge in [0.15, 0.2) is 11.1 Å². The summed E-state index contributed by atoms with van der Waals surface area (Å²) < 4.78 is 17.5. The van der Waals surface area contributed by atoms with Crippen LogP contribution in [0.25, 0.3) is 0 Å². The summed E-state index contributed by atoms with van der Waals surface area (Å²) in [4.78, 5) is 29.5. The summed E-state index contributed by atoms with van der Waals surface area (Å²) in [5, 5.41) is 0. The van der Waals surface area contributed by atoms with Gasteiger partial charge in [-0.2, -0.15) is 0 Å². The second kappa shape index (κ2) is 4.73. The van der Waals surface area contributed by atoms with Crippen molar-refractivity contribution in [1.29, 1.82) is 0 Å². The molecule has 1 aromatic heterocycles. The highest BCUT2D eigenvalue weighted by molar-refractivity contribution is 9.10. The van der Waals surface area contributed by atoms with E-state index in [1.54, 1.807) is 33.8 Å². The first-order valence-electron chi connectivity index (χ1n) is 7.63. The molecule has 130 valence electrons. The minimum Gasteiger partial charge on any atom is -0.595 e. The van der Waals surface area contributed by atoms with Crippen molar-refractivity contribution < 1.29 is 28.0 Å². The van der Waals surface area contributed by atoms with Crippen molar-refractivity contribution in [2.75, 3.05) is 14.2 Å². The van der Waals surface area contributed by atoms with Crippen LogP contribution in [0.1, 0.15) is 27.7 Å². The highest BCUT2D eigenvalue weighted by atomic mass is 79.9. The first-order chi connectivity index (χ1) is 11.0. The van der Waals surface area contributed by atoms with E-state index < -0.39 is 29.7 Å². The van der Waals surface area contributed by atoms with Gasteiger partial charge in [0.05, 0.1) is 13.3 Å². The Hall–Kier alpha value is -1.61. The number of quaternary nitrogens is 1. The van der Waals surface area contributed by atoms with Crippen LogP contribution in [0.5, 0.6) is 5.75 Å². The predicted molar refractivity (Wildman–Crippen MR) is 90.4 cm³/mol. The van der Waals surface area contributed by atoms with Gasteiger partial charge >= 0.3 is 18.6 Å². The van der Waals surface area contributed by atoms with Gasteiger partial charge in [0.2, 0.25) is 0 Å².